The monoisotopic (exact) mass is 268 g/mol. The van der Waals surface area contributed by atoms with Gasteiger partial charge in [-0.2, -0.15) is 5.10 Å². The van der Waals surface area contributed by atoms with Gasteiger partial charge in [0.2, 0.25) is 0 Å². The summed E-state index contributed by atoms with van der Waals surface area (Å²) in [4.78, 5) is 22.0. The van der Waals surface area contributed by atoms with Gasteiger partial charge in [-0.25, -0.2) is 4.79 Å². The third-order valence-corrected chi connectivity index (χ3v) is 2.95. The third-order valence-electron chi connectivity index (χ3n) is 2.95. The second-order valence-electron chi connectivity index (χ2n) is 4.54. The average molecular weight is 268 g/mol. The van der Waals surface area contributed by atoms with Crippen LogP contribution in [0.5, 0.6) is 0 Å². The molecule has 0 aromatic carbocycles. The van der Waals surface area contributed by atoms with Gasteiger partial charge in [0, 0.05) is 37.3 Å². The van der Waals surface area contributed by atoms with E-state index in [-0.39, 0.29) is 18.5 Å². The van der Waals surface area contributed by atoms with E-state index in [0.29, 0.717) is 13.0 Å². The third kappa shape index (κ3) is 4.99. The van der Waals surface area contributed by atoms with Crippen molar-refractivity contribution in [3.8, 4) is 0 Å². The number of aryl methyl sites for hydroxylation is 1. The molecule has 0 aliphatic carbocycles. The molecule has 2 amide bonds. The number of carboxylic acids is 1. The molecule has 0 bridgehead atoms. The predicted octanol–water partition coefficient (Wildman–Crippen LogP) is 0.781. The minimum absolute atomic E-state index is 0.0448. The van der Waals surface area contributed by atoms with E-state index in [9.17, 15) is 9.59 Å². The molecule has 0 saturated carbocycles. The molecule has 7 nitrogen and oxygen atoms in total. The fourth-order valence-electron chi connectivity index (χ4n) is 1.58. The molecule has 0 radical (unpaired) electrons. The zero-order valence-electron chi connectivity index (χ0n) is 11.4. The summed E-state index contributed by atoms with van der Waals surface area (Å²) in [7, 11) is 1.84. The maximum atomic E-state index is 11.6. The van der Waals surface area contributed by atoms with Crippen molar-refractivity contribution in [2.75, 3.05) is 0 Å². The minimum atomic E-state index is -0.861. The fourth-order valence-corrected chi connectivity index (χ4v) is 1.58. The lowest BCUT2D eigenvalue weighted by Crippen LogP contribution is -2.40. The summed E-state index contributed by atoms with van der Waals surface area (Å²) < 4.78 is 1.74. The van der Waals surface area contributed by atoms with Gasteiger partial charge in [-0.3, -0.25) is 9.48 Å². The number of carboxylic acid groups (broad SMARTS) is 1. The number of hydrogen-bond acceptors (Lipinski definition) is 3. The molecule has 0 spiro atoms. The van der Waals surface area contributed by atoms with Crippen LogP contribution in [0.2, 0.25) is 0 Å². The van der Waals surface area contributed by atoms with Crippen LogP contribution in [0.3, 0.4) is 0 Å². The lowest BCUT2D eigenvalue weighted by atomic mass is 10.2. The van der Waals surface area contributed by atoms with Gasteiger partial charge >= 0.3 is 12.0 Å². The molecule has 1 unspecified atom stereocenters. The summed E-state index contributed by atoms with van der Waals surface area (Å²) in [5.74, 6) is -0.861. The van der Waals surface area contributed by atoms with Crippen LogP contribution in [-0.4, -0.2) is 32.9 Å². The topological polar surface area (TPSA) is 96.2 Å². The standard InChI is InChI=1S/C12H20N4O3/c1-8(4-5-11(17)18)15-12(19)13-6-10-7-14-16(3)9(10)2/h7-8H,4-6H2,1-3H3,(H,17,18)(H2,13,15,19). The number of carbonyl (C=O) groups excluding carboxylic acids is 1. The highest BCUT2D eigenvalue weighted by molar-refractivity contribution is 5.74. The number of urea groups is 1. The molecule has 0 saturated heterocycles. The van der Waals surface area contributed by atoms with Crippen LogP contribution in [0.25, 0.3) is 0 Å². The van der Waals surface area contributed by atoms with Crippen molar-refractivity contribution in [1.82, 2.24) is 20.4 Å². The maximum absolute atomic E-state index is 11.6. The van der Waals surface area contributed by atoms with Crippen LogP contribution in [0, 0.1) is 6.92 Å². The Morgan fingerprint density at radius 3 is 2.74 bits per heavy atom. The Bertz CT molecular complexity index is 456. The lowest BCUT2D eigenvalue weighted by Gasteiger charge is -2.13. The van der Waals surface area contributed by atoms with Gasteiger partial charge in [0.1, 0.15) is 0 Å². The van der Waals surface area contributed by atoms with Gasteiger partial charge in [0.15, 0.2) is 0 Å². The molecular formula is C12H20N4O3. The number of aliphatic carboxylic acids is 1. The zero-order chi connectivity index (χ0) is 14.4. The van der Waals surface area contributed by atoms with E-state index in [1.165, 1.54) is 0 Å². The van der Waals surface area contributed by atoms with Crippen molar-refractivity contribution < 1.29 is 14.7 Å². The number of nitrogens with zero attached hydrogens (tertiary/aromatic N) is 2. The Morgan fingerprint density at radius 2 is 2.21 bits per heavy atom. The van der Waals surface area contributed by atoms with E-state index >= 15 is 0 Å². The molecule has 0 fully saturated rings. The first kappa shape index (κ1) is 15.0. The number of aromatic nitrogens is 2. The highest BCUT2D eigenvalue weighted by atomic mass is 16.4. The molecule has 0 aliphatic heterocycles. The van der Waals surface area contributed by atoms with Crippen LogP contribution < -0.4 is 10.6 Å². The number of nitrogens with one attached hydrogen (secondary N) is 2. The number of rotatable bonds is 6. The van der Waals surface area contributed by atoms with Crippen LogP contribution in [0.4, 0.5) is 4.79 Å². The molecule has 106 valence electrons. The highest BCUT2D eigenvalue weighted by Gasteiger charge is 2.10. The first-order valence-corrected chi connectivity index (χ1v) is 6.13. The van der Waals surface area contributed by atoms with Crippen LogP contribution in [-0.2, 0) is 18.4 Å². The fraction of sp³-hybridized carbons (Fsp3) is 0.583. The summed E-state index contributed by atoms with van der Waals surface area (Å²) in [6.45, 7) is 4.10. The van der Waals surface area contributed by atoms with Gasteiger partial charge in [-0.1, -0.05) is 0 Å². The SMILES string of the molecule is Cc1c(CNC(=O)NC(C)CCC(=O)O)cnn1C. The minimum Gasteiger partial charge on any atom is -0.481 e. The first-order valence-electron chi connectivity index (χ1n) is 6.13. The zero-order valence-corrected chi connectivity index (χ0v) is 11.4. The van der Waals surface area contributed by atoms with E-state index in [4.69, 9.17) is 5.11 Å². The molecule has 3 N–H and O–H groups in total. The maximum Gasteiger partial charge on any atom is 0.315 e. The molecule has 19 heavy (non-hydrogen) atoms. The Hall–Kier alpha value is -2.05. The van der Waals surface area contributed by atoms with Gasteiger partial charge < -0.3 is 15.7 Å². The molecule has 1 atom stereocenters. The first-order chi connectivity index (χ1) is 8.90. The summed E-state index contributed by atoms with van der Waals surface area (Å²) in [6.07, 6.45) is 2.17. The second kappa shape index (κ2) is 6.77. The second-order valence-corrected chi connectivity index (χ2v) is 4.54. The van der Waals surface area contributed by atoms with E-state index in [1.54, 1.807) is 17.8 Å². The molecule has 1 heterocycles. The largest absolute Gasteiger partial charge is 0.481 e. The molecule has 1 rings (SSSR count). The summed E-state index contributed by atoms with van der Waals surface area (Å²) in [5, 5.41) is 18.0. The number of hydrogen-bond donors (Lipinski definition) is 3. The van der Waals surface area contributed by atoms with E-state index in [1.807, 2.05) is 14.0 Å². The van der Waals surface area contributed by atoms with Gasteiger partial charge in [0.05, 0.1) is 6.20 Å². The van der Waals surface area contributed by atoms with Crippen LogP contribution in [0.1, 0.15) is 31.0 Å². The molecule has 7 heteroatoms. The smallest absolute Gasteiger partial charge is 0.315 e. The number of amides is 2. The van der Waals surface area contributed by atoms with Crippen molar-refractivity contribution in [1.29, 1.82) is 0 Å². The Balaban J connectivity index is 2.31. The Kier molecular flexibility index (Phi) is 5.35. The van der Waals surface area contributed by atoms with Gasteiger partial charge in [-0.15, -0.1) is 0 Å². The van der Waals surface area contributed by atoms with E-state index in [0.717, 1.165) is 11.3 Å². The van der Waals surface area contributed by atoms with E-state index < -0.39 is 5.97 Å². The van der Waals surface area contributed by atoms with Crippen molar-refractivity contribution in [2.45, 2.75) is 39.3 Å². The van der Waals surface area contributed by atoms with Crippen LogP contribution in [0.15, 0.2) is 6.20 Å². The molecule has 0 aliphatic rings. The summed E-state index contributed by atoms with van der Waals surface area (Å²) in [6, 6.07) is -0.479. The van der Waals surface area contributed by atoms with Gasteiger partial charge in [-0.05, 0) is 20.3 Å². The average Bonchev–Trinajstić information content (AvgIpc) is 2.65. The molecule has 1 aromatic rings. The molecular weight excluding hydrogens is 248 g/mol. The lowest BCUT2D eigenvalue weighted by molar-refractivity contribution is -0.137. The Labute approximate surface area is 112 Å². The quantitative estimate of drug-likeness (QED) is 0.710. The van der Waals surface area contributed by atoms with Crippen molar-refractivity contribution in [3.05, 3.63) is 17.5 Å². The summed E-state index contributed by atoms with van der Waals surface area (Å²) >= 11 is 0. The van der Waals surface area contributed by atoms with E-state index in [2.05, 4.69) is 15.7 Å². The van der Waals surface area contributed by atoms with Gasteiger partial charge in [0.25, 0.3) is 0 Å². The van der Waals surface area contributed by atoms with Crippen molar-refractivity contribution in [3.63, 3.8) is 0 Å². The normalized spacial score (nSPS) is 11.9. The van der Waals surface area contributed by atoms with Crippen LogP contribution >= 0.6 is 0 Å². The van der Waals surface area contributed by atoms with Crippen molar-refractivity contribution in [2.24, 2.45) is 7.05 Å². The number of carbonyl (C=O) groups is 2. The van der Waals surface area contributed by atoms with Crippen molar-refractivity contribution >= 4 is 12.0 Å². The Morgan fingerprint density at radius 1 is 1.53 bits per heavy atom. The highest BCUT2D eigenvalue weighted by Crippen LogP contribution is 2.04. The molecule has 1 aromatic heterocycles. The summed E-state index contributed by atoms with van der Waals surface area (Å²) in [5.41, 5.74) is 1.95. The predicted molar refractivity (Wildman–Crippen MR) is 69.6 cm³/mol.